The van der Waals surface area contributed by atoms with Crippen LogP contribution in [-0.2, 0) is 0 Å². The van der Waals surface area contributed by atoms with Crippen molar-refractivity contribution in [1.82, 2.24) is 4.98 Å². The second-order valence-corrected chi connectivity index (χ2v) is 4.42. The molecule has 0 spiro atoms. The number of benzene rings is 1. The summed E-state index contributed by atoms with van der Waals surface area (Å²) in [7, 11) is 0. The van der Waals surface area contributed by atoms with Crippen molar-refractivity contribution in [1.29, 1.82) is 0 Å². The highest BCUT2D eigenvalue weighted by Crippen LogP contribution is 2.31. The molecule has 0 unspecified atom stereocenters. The molecule has 0 bridgehead atoms. The molecule has 1 aromatic heterocycles. The number of thiazole rings is 1. The molecule has 5 heteroatoms. The van der Waals surface area contributed by atoms with E-state index in [2.05, 4.69) is 4.98 Å². The van der Waals surface area contributed by atoms with E-state index in [4.69, 9.17) is 16.7 Å². The molecule has 0 radical (unpaired) electrons. The average molecular weight is 228 g/mol. The molecule has 0 saturated carbocycles. The minimum absolute atomic E-state index is 0.203. The average Bonchev–Trinajstić information content (AvgIpc) is 2.47. The molecular formula is C9H6ClNO2S. The number of rotatable bonds is 1. The lowest BCUT2D eigenvalue weighted by Gasteiger charge is -1.96. The van der Waals surface area contributed by atoms with Gasteiger partial charge < -0.3 is 5.11 Å². The molecule has 0 aliphatic rings. The molecule has 2 aromatic rings. The zero-order chi connectivity index (χ0) is 10.3. The van der Waals surface area contributed by atoms with Crippen molar-refractivity contribution >= 4 is 39.1 Å². The highest BCUT2D eigenvalue weighted by Gasteiger charge is 2.14. The number of halogens is 1. The molecule has 14 heavy (non-hydrogen) atoms. The number of carboxylic acids is 1. The summed E-state index contributed by atoms with van der Waals surface area (Å²) < 4.78 is 0.740. The van der Waals surface area contributed by atoms with Gasteiger partial charge in [0.2, 0.25) is 0 Å². The van der Waals surface area contributed by atoms with E-state index in [1.165, 1.54) is 17.4 Å². The fourth-order valence-corrected chi connectivity index (χ4v) is 2.37. The van der Waals surface area contributed by atoms with Gasteiger partial charge in [0.25, 0.3) is 0 Å². The highest BCUT2D eigenvalue weighted by molar-refractivity contribution is 7.19. The Kier molecular flexibility index (Phi) is 2.17. The summed E-state index contributed by atoms with van der Waals surface area (Å²) in [5, 5.41) is 10.3. The predicted molar refractivity (Wildman–Crippen MR) is 56.3 cm³/mol. The maximum atomic E-state index is 10.9. The van der Waals surface area contributed by atoms with Crippen molar-refractivity contribution in [2.75, 3.05) is 0 Å². The third kappa shape index (κ3) is 1.36. The number of aromatic carboxylic acids is 1. The molecule has 1 aromatic carbocycles. The van der Waals surface area contributed by atoms with E-state index in [0.717, 1.165) is 9.71 Å². The summed E-state index contributed by atoms with van der Waals surface area (Å²) >= 11 is 7.33. The van der Waals surface area contributed by atoms with E-state index in [1.807, 2.05) is 6.92 Å². The maximum absolute atomic E-state index is 10.9. The van der Waals surface area contributed by atoms with Crippen LogP contribution in [0.2, 0.25) is 5.02 Å². The molecule has 1 N–H and O–H groups in total. The summed E-state index contributed by atoms with van der Waals surface area (Å²) in [5.74, 6) is -0.975. The quantitative estimate of drug-likeness (QED) is 0.815. The summed E-state index contributed by atoms with van der Waals surface area (Å²) in [6, 6.07) is 3.07. The monoisotopic (exact) mass is 227 g/mol. The Hall–Kier alpha value is -1.13. The zero-order valence-corrected chi connectivity index (χ0v) is 8.82. The number of hydrogen-bond acceptors (Lipinski definition) is 3. The normalized spacial score (nSPS) is 10.7. The molecule has 0 saturated heterocycles. The molecule has 1 heterocycles. The smallest absolute Gasteiger partial charge is 0.337 e. The van der Waals surface area contributed by atoms with Crippen molar-refractivity contribution in [2.45, 2.75) is 6.92 Å². The molecule has 3 nitrogen and oxygen atoms in total. The number of carboxylic acid groups (broad SMARTS) is 1. The molecule has 72 valence electrons. The largest absolute Gasteiger partial charge is 0.478 e. The number of nitrogens with zero attached hydrogens (tertiary/aromatic N) is 1. The van der Waals surface area contributed by atoms with Crippen LogP contribution in [0.15, 0.2) is 12.1 Å². The van der Waals surface area contributed by atoms with E-state index >= 15 is 0 Å². The zero-order valence-electron chi connectivity index (χ0n) is 7.24. The number of aryl methyl sites for hydroxylation is 1. The van der Waals surface area contributed by atoms with Gasteiger partial charge in [0, 0.05) is 0 Å². The van der Waals surface area contributed by atoms with Gasteiger partial charge in [-0.1, -0.05) is 11.6 Å². The standard InChI is InChI=1S/C9H6ClNO2S/c1-4-11-7-5(9(12)13)2-3-6(10)8(7)14-4/h2-3H,1H3,(H,12,13). The Morgan fingerprint density at radius 1 is 1.57 bits per heavy atom. The minimum atomic E-state index is -0.975. The first-order valence-corrected chi connectivity index (χ1v) is 5.08. The van der Waals surface area contributed by atoms with Crippen LogP contribution in [0.4, 0.5) is 0 Å². The molecule has 0 aliphatic heterocycles. The van der Waals surface area contributed by atoms with Crippen LogP contribution in [-0.4, -0.2) is 16.1 Å². The first kappa shape index (κ1) is 9.43. The summed E-state index contributed by atoms with van der Waals surface area (Å²) in [6.07, 6.45) is 0. The summed E-state index contributed by atoms with van der Waals surface area (Å²) in [5.41, 5.74) is 0.682. The Morgan fingerprint density at radius 2 is 2.29 bits per heavy atom. The minimum Gasteiger partial charge on any atom is -0.478 e. The van der Waals surface area contributed by atoms with Crippen molar-refractivity contribution in [3.8, 4) is 0 Å². The van der Waals surface area contributed by atoms with Gasteiger partial charge >= 0.3 is 5.97 Å². The van der Waals surface area contributed by atoms with Gasteiger partial charge in [-0.05, 0) is 19.1 Å². The Balaban J connectivity index is 2.87. The van der Waals surface area contributed by atoms with Gasteiger partial charge in [-0.25, -0.2) is 9.78 Å². The SMILES string of the molecule is Cc1nc2c(C(=O)O)ccc(Cl)c2s1. The first-order chi connectivity index (χ1) is 6.59. The lowest BCUT2D eigenvalue weighted by Crippen LogP contribution is -1.97. The summed E-state index contributed by atoms with van der Waals surface area (Å²) in [6.45, 7) is 1.83. The van der Waals surface area contributed by atoms with Crippen molar-refractivity contribution < 1.29 is 9.90 Å². The van der Waals surface area contributed by atoms with Crippen LogP contribution >= 0.6 is 22.9 Å². The van der Waals surface area contributed by atoms with Gasteiger partial charge in [-0.3, -0.25) is 0 Å². The number of aromatic nitrogens is 1. The van der Waals surface area contributed by atoms with Crippen LogP contribution < -0.4 is 0 Å². The van der Waals surface area contributed by atoms with Crippen LogP contribution in [0.3, 0.4) is 0 Å². The van der Waals surface area contributed by atoms with Gasteiger partial charge in [0.15, 0.2) is 0 Å². The molecular weight excluding hydrogens is 222 g/mol. The predicted octanol–water partition coefficient (Wildman–Crippen LogP) is 2.96. The molecule has 0 aliphatic carbocycles. The van der Waals surface area contributed by atoms with Crippen LogP contribution in [0.5, 0.6) is 0 Å². The molecule has 0 amide bonds. The Bertz CT molecular complexity index is 521. The van der Waals surface area contributed by atoms with E-state index in [1.54, 1.807) is 6.07 Å². The lowest BCUT2D eigenvalue weighted by atomic mass is 10.2. The second kappa shape index (κ2) is 3.22. The first-order valence-electron chi connectivity index (χ1n) is 3.88. The number of fused-ring (bicyclic) bond motifs is 1. The van der Waals surface area contributed by atoms with E-state index in [-0.39, 0.29) is 5.56 Å². The van der Waals surface area contributed by atoms with E-state index < -0.39 is 5.97 Å². The van der Waals surface area contributed by atoms with E-state index in [9.17, 15) is 4.79 Å². The Morgan fingerprint density at radius 3 is 2.93 bits per heavy atom. The van der Waals surface area contributed by atoms with Gasteiger partial charge in [-0.15, -0.1) is 11.3 Å². The fourth-order valence-electron chi connectivity index (χ4n) is 1.26. The summed E-state index contributed by atoms with van der Waals surface area (Å²) in [4.78, 5) is 15.0. The van der Waals surface area contributed by atoms with E-state index in [0.29, 0.717) is 10.5 Å². The van der Waals surface area contributed by atoms with Gasteiger partial charge in [0.05, 0.1) is 25.8 Å². The third-order valence-corrected chi connectivity index (χ3v) is 3.26. The van der Waals surface area contributed by atoms with Gasteiger partial charge in [0.1, 0.15) is 0 Å². The highest BCUT2D eigenvalue weighted by atomic mass is 35.5. The number of carbonyl (C=O) groups is 1. The van der Waals surface area contributed by atoms with Crippen molar-refractivity contribution in [3.05, 3.63) is 27.7 Å². The Labute approximate surface area is 89.0 Å². The van der Waals surface area contributed by atoms with Crippen molar-refractivity contribution in [3.63, 3.8) is 0 Å². The lowest BCUT2D eigenvalue weighted by molar-refractivity contribution is 0.0699. The molecule has 2 rings (SSSR count). The fraction of sp³-hybridized carbons (Fsp3) is 0.111. The maximum Gasteiger partial charge on any atom is 0.337 e. The number of hydrogen-bond donors (Lipinski definition) is 1. The second-order valence-electron chi connectivity index (χ2n) is 2.81. The van der Waals surface area contributed by atoms with Crippen LogP contribution in [0.25, 0.3) is 10.2 Å². The van der Waals surface area contributed by atoms with Crippen LogP contribution in [0, 0.1) is 6.92 Å². The third-order valence-electron chi connectivity index (χ3n) is 1.83. The topological polar surface area (TPSA) is 50.2 Å². The van der Waals surface area contributed by atoms with Gasteiger partial charge in [-0.2, -0.15) is 0 Å². The van der Waals surface area contributed by atoms with Crippen molar-refractivity contribution in [2.24, 2.45) is 0 Å². The van der Waals surface area contributed by atoms with Crippen LogP contribution in [0.1, 0.15) is 15.4 Å². The molecule has 0 atom stereocenters. The molecule has 0 fully saturated rings.